The molecule has 4 heteroatoms. The summed E-state index contributed by atoms with van der Waals surface area (Å²) >= 11 is 3.90. The lowest BCUT2D eigenvalue weighted by Gasteiger charge is -2.58. The summed E-state index contributed by atoms with van der Waals surface area (Å²) in [6, 6.07) is 6.49. The zero-order valence-electron chi connectivity index (χ0n) is 12.5. The quantitative estimate of drug-likeness (QED) is 0.576. The Kier molecular flexibility index (Phi) is 3.37. The summed E-state index contributed by atoms with van der Waals surface area (Å²) in [5, 5.41) is 0. The van der Waals surface area contributed by atoms with E-state index in [9.17, 15) is 9.18 Å². The molecule has 0 spiro atoms. The number of halogens is 2. The lowest BCUT2D eigenvalue weighted by molar-refractivity contribution is -0.171. The highest BCUT2D eigenvalue weighted by atomic mass is 79.9. The van der Waals surface area contributed by atoms with Crippen molar-refractivity contribution in [3.05, 3.63) is 35.6 Å². The molecule has 2 nitrogen and oxygen atoms in total. The van der Waals surface area contributed by atoms with Crippen molar-refractivity contribution in [1.82, 2.24) is 0 Å². The maximum atomic E-state index is 13.7. The highest BCUT2D eigenvalue weighted by Gasteiger charge is 2.60. The highest BCUT2D eigenvalue weighted by molar-refractivity contribution is 9.10. The van der Waals surface area contributed by atoms with Gasteiger partial charge >= 0.3 is 5.97 Å². The van der Waals surface area contributed by atoms with Crippen molar-refractivity contribution in [2.24, 2.45) is 17.3 Å². The van der Waals surface area contributed by atoms with Gasteiger partial charge in [0, 0.05) is 9.89 Å². The van der Waals surface area contributed by atoms with E-state index < -0.39 is 0 Å². The number of carbonyl (C=O) groups excluding carboxylic acids is 1. The number of carbonyl (C=O) groups is 1. The van der Waals surface area contributed by atoms with Crippen LogP contribution in [0, 0.1) is 23.1 Å². The van der Waals surface area contributed by atoms with Gasteiger partial charge in [-0.15, -0.1) is 0 Å². The van der Waals surface area contributed by atoms with E-state index >= 15 is 0 Å². The predicted molar refractivity (Wildman–Crippen MR) is 85.0 cm³/mol. The molecule has 4 aliphatic rings. The topological polar surface area (TPSA) is 26.3 Å². The van der Waals surface area contributed by atoms with E-state index in [2.05, 4.69) is 15.9 Å². The van der Waals surface area contributed by atoms with Gasteiger partial charge in [0.15, 0.2) is 0 Å². The highest BCUT2D eigenvalue weighted by Crippen LogP contribution is 2.64. The fourth-order valence-corrected chi connectivity index (χ4v) is 6.75. The van der Waals surface area contributed by atoms with Crippen LogP contribution in [0.15, 0.2) is 24.3 Å². The lowest BCUT2D eigenvalue weighted by Crippen LogP contribution is -2.56. The third-order valence-electron chi connectivity index (χ3n) is 5.74. The van der Waals surface area contributed by atoms with Crippen molar-refractivity contribution in [3.8, 4) is 0 Å². The fourth-order valence-electron chi connectivity index (χ4n) is 5.30. The molecule has 2 unspecified atom stereocenters. The molecule has 0 saturated heterocycles. The standard InChI is InChI=1S/C18H20BrFO2/c19-18-8-12-5-13(9-18)7-17(6-12,11-18)16(21)22-10-14-3-1-2-4-15(14)20/h1-4,12-13H,5-11H2. The monoisotopic (exact) mass is 366 g/mol. The Morgan fingerprint density at radius 2 is 1.91 bits per heavy atom. The Balaban J connectivity index is 1.50. The van der Waals surface area contributed by atoms with Gasteiger partial charge in [-0.25, -0.2) is 4.39 Å². The number of hydrogen-bond donors (Lipinski definition) is 0. The van der Waals surface area contributed by atoms with Crippen LogP contribution in [-0.4, -0.2) is 10.3 Å². The molecule has 4 fully saturated rings. The molecule has 5 rings (SSSR count). The molecule has 1 aromatic carbocycles. The summed E-state index contributed by atoms with van der Waals surface area (Å²) < 4.78 is 19.3. The average Bonchev–Trinajstić information content (AvgIpc) is 2.43. The zero-order valence-corrected chi connectivity index (χ0v) is 14.1. The molecule has 4 saturated carbocycles. The van der Waals surface area contributed by atoms with Crippen LogP contribution < -0.4 is 0 Å². The van der Waals surface area contributed by atoms with Crippen LogP contribution in [0.5, 0.6) is 0 Å². The number of alkyl halides is 1. The van der Waals surface area contributed by atoms with Gasteiger partial charge in [0.25, 0.3) is 0 Å². The summed E-state index contributed by atoms with van der Waals surface area (Å²) in [7, 11) is 0. The Labute approximate surface area is 138 Å². The Morgan fingerprint density at radius 3 is 2.55 bits per heavy atom. The third kappa shape index (κ3) is 2.40. The molecule has 0 aromatic heterocycles. The van der Waals surface area contributed by atoms with E-state index in [1.807, 2.05) is 0 Å². The summed E-state index contributed by atoms with van der Waals surface area (Å²) in [5.74, 6) is 0.856. The molecule has 4 bridgehead atoms. The first-order chi connectivity index (χ1) is 10.5. The number of rotatable bonds is 3. The number of esters is 1. The molecule has 0 amide bonds. The van der Waals surface area contributed by atoms with E-state index in [0.29, 0.717) is 17.4 Å². The Bertz CT molecular complexity index is 601. The van der Waals surface area contributed by atoms with Gasteiger partial charge in [-0.2, -0.15) is 0 Å². The molecule has 0 aliphatic heterocycles. The van der Waals surface area contributed by atoms with Crippen LogP contribution in [0.1, 0.15) is 44.1 Å². The minimum atomic E-state index is -0.334. The van der Waals surface area contributed by atoms with Gasteiger partial charge in [-0.1, -0.05) is 34.1 Å². The molecule has 1 aromatic rings. The maximum absolute atomic E-state index is 13.7. The minimum absolute atomic E-state index is 0.0396. The summed E-state index contributed by atoms with van der Waals surface area (Å²) in [6.45, 7) is 0.0396. The first-order valence-electron chi connectivity index (χ1n) is 8.08. The molecular formula is C18H20BrFO2. The Hall–Kier alpha value is -0.900. The third-order valence-corrected chi connectivity index (χ3v) is 6.67. The number of benzene rings is 1. The molecule has 22 heavy (non-hydrogen) atoms. The van der Waals surface area contributed by atoms with E-state index in [0.717, 1.165) is 19.3 Å². The molecule has 118 valence electrons. The van der Waals surface area contributed by atoms with Crippen LogP contribution in [0.3, 0.4) is 0 Å². The van der Waals surface area contributed by atoms with E-state index in [4.69, 9.17) is 4.74 Å². The molecule has 2 atom stereocenters. The van der Waals surface area contributed by atoms with Crippen LogP contribution in [0.4, 0.5) is 4.39 Å². The molecular weight excluding hydrogens is 347 g/mol. The summed E-state index contributed by atoms with van der Waals surface area (Å²) in [4.78, 5) is 12.8. The van der Waals surface area contributed by atoms with Gasteiger partial charge in [0.2, 0.25) is 0 Å². The lowest BCUT2D eigenvalue weighted by atomic mass is 9.49. The van der Waals surface area contributed by atoms with E-state index in [1.54, 1.807) is 18.2 Å². The maximum Gasteiger partial charge on any atom is 0.312 e. The Morgan fingerprint density at radius 1 is 1.23 bits per heavy atom. The molecule has 0 N–H and O–H groups in total. The van der Waals surface area contributed by atoms with Gasteiger partial charge in [0.05, 0.1) is 5.41 Å². The van der Waals surface area contributed by atoms with Gasteiger partial charge in [-0.05, 0) is 56.4 Å². The van der Waals surface area contributed by atoms with E-state index in [1.165, 1.54) is 25.3 Å². The van der Waals surface area contributed by atoms with Crippen molar-refractivity contribution >= 4 is 21.9 Å². The first-order valence-corrected chi connectivity index (χ1v) is 8.87. The second-order valence-corrected chi connectivity index (χ2v) is 9.24. The second kappa shape index (κ2) is 5.05. The van der Waals surface area contributed by atoms with Crippen molar-refractivity contribution in [2.45, 2.75) is 49.5 Å². The molecule has 0 radical (unpaired) electrons. The van der Waals surface area contributed by atoms with Crippen LogP contribution >= 0.6 is 15.9 Å². The molecule has 0 heterocycles. The van der Waals surface area contributed by atoms with Gasteiger partial charge < -0.3 is 4.74 Å². The van der Waals surface area contributed by atoms with E-state index in [-0.39, 0.29) is 28.1 Å². The normalized spacial score (nSPS) is 39.0. The second-order valence-electron chi connectivity index (χ2n) is 7.56. The summed E-state index contributed by atoms with van der Waals surface area (Å²) in [5.41, 5.74) is 0.118. The predicted octanol–water partition coefficient (Wildman–Crippen LogP) is 4.60. The van der Waals surface area contributed by atoms with Crippen LogP contribution in [0.2, 0.25) is 0 Å². The van der Waals surface area contributed by atoms with Crippen molar-refractivity contribution < 1.29 is 13.9 Å². The van der Waals surface area contributed by atoms with Crippen molar-refractivity contribution in [3.63, 3.8) is 0 Å². The van der Waals surface area contributed by atoms with Crippen molar-refractivity contribution in [1.29, 1.82) is 0 Å². The fraction of sp³-hybridized carbons (Fsp3) is 0.611. The van der Waals surface area contributed by atoms with Gasteiger partial charge in [0.1, 0.15) is 12.4 Å². The average molecular weight is 367 g/mol. The number of ether oxygens (including phenoxy) is 1. The zero-order chi connectivity index (χ0) is 15.4. The molecule has 4 aliphatic carbocycles. The summed E-state index contributed by atoms with van der Waals surface area (Å²) in [6.07, 6.45) is 6.41. The van der Waals surface area contributed by atoms with Gasteiger partial charge in [-0.3, -0.25) is 4.79 Å². The van der Waals surface area contributed by atoms with Crippen LogP contribution in [0.25, 0.3) is 0 Å². The largest absolute Gasteiger partial charge is 0.460 e. The minimum Gasteiger partial charge on any atom is -0.460 e. The van der Waals surface area contributed by atoms with Crippen molar-refractivity contribution in [2.75, 3.05) is 0 Å². The smallest absolute Gasteiger partial charge is 0.312 e. The number of hydrogen-bond acceptors (Lipinski definition) is 2. The SMILES string of the molecule is O=C(OCc1ccccc1F)C12CC3CC(CC(Br)(C3)C1)C2. The van der Waals surface area contributed by atoms with Crippen LogP contribution in [-0.2, 0) is 16.1 Å². The first kappa shape index (κ1) is 14.7.